The smallest absolute Gasteiger partial charge is 0.253 e. The van der Waals surface area contributed by atoms with Gasteiger partial charge in [-0.3, -0.25) is 9.59 Å². The van der Waals surface area contributed by atoms with Crippen molar-refractivity contribution in [3.63, 3.8) is 0 Å². The number of methoxy groups -OCH3 is 1. The fourth-order valence-corrected chi connectivity index (χ4v) is 4.33. The number of aryl methyl sites for hydroxylation is 1. The number of rotatable bonds is 7. The molecule has 2 amide bonds. The fraction of sp³-hybridized carbons (Fsp3) is 0.417. The number of hydrogen-bond donors (Lipinski definition) is 0. The molecule has 1 fully saturated rings. The van der Waals surface area contributed by atoms with E-state index < -0.39 is 0 Å². The maximum Gasteiger partial charge on any atom is 0.253 e. The largest absolute Gasteiger partial charge is 0.497 e. The lowest BCUT2D eigenvalue weighted by Crippen LogP contribution is -2.50. The first-order valence-corrected chi connectivity index (χ1v) is 11.3. The molecular weight excluding hydrogens is 396 g/mol. The van der Waals surface area contributed by atoms with Gasteiger partial charge in [0.2, 0.25) is 5.91 Å². The Morgan fingerprint density at radius 2 is 1.53 bits per heavy atom. The number of carbonyl (C=O) groups is 2. The Labute approximate surface area is 183 Å². The van der Waals surface area contributed by atoms with Crippen molar-refractivity contribution in [2.45, 2.75) is 36.8 Å². The molecule has 1 heterocycles. The first kappa shape index (κ1) is 22.2. The summed E-state index contributed by atoms with van der Waals surface area (Å²) in [5, 5.41) is 0.516. The molecule has 1 aliphatic rings. The van der Waals surface area contributed by atoms with Gasteiger partial charge in [-0.05, 0) is 48.4 Å². The second kappa shape index (κ2) is 10.5. The van der Waals surface area contributed by atoms with E-state index in [-0.39, 0.29) is 11.8 Å². The molecule has 2 aromatic carbocycles. The van der Waals surface area contributed by atoms with E-state index in [0.717, 1.165) is 11.3 Å². The third kappa shape index (κ3) is 6.02. The Kier molecular flexibility index (Phi) is 7.80. The van der Waals surface area contributed by atoms with E-state index in [2.05, 4.69) is 13.8 Å². The lowest BCUT2D eigenvalue weighted by Gasteiger charge is -2.35. The third-order valence-electron chi connectivity index (χ3n) is 5.18. The van der Waals surface area contributed by atoms with Crippen molar-refractivity contribution < 1.29 is 14.3 Å². The maximum atomic E-state index is 12.8. The van der Waals surface area contributed by atoms with Gasteiger partial charge in [-0.25, -0.2) is 0 Å². The van der Waals surface area contributed by atoms with Crippen LogP contribution >= 0.6 is 11.8 Å². The van der Waals surface area contributed by atoms with Crippen LogP contribution in [0.1, 0.15) is 36.2 Å². The zero-order valence-corrected chi connectivity index (χ0v) is 18.8. The van der Waals surface area contributed by atoms with Crippen molar-refractivity contribution in [1.82, 2.24) is 9.80 Å². The summed E-state index contributed by atoms with van der Waals surface area (Å²) in [6, 6.07) is 15.6. The molecule has 0 N–H and O–H groups in total. The van der Waals surface area contributed by atoms with Crippen LogP contribution in [-0.4, -0.2) is 60.2 Å². The Balaban J connectivity index is 1.46. The van der Waals surface area contributed by atoms with Crippen molar-refractivity contribution in [2.75, 3.05) is 33.3 Å². The van der Waals surface area contributed by atoms with Crippen LogP contribution in [0.25, 0.3) is 0 Å². The van der Waals surface area contributed by atoms with Gasteiger partial charge in [-0.2, -0.15) is 0 Å². The van der Waals surface area contributed by atoms with Gasteiger partial charge in [0.25, 0.3) is 5.91 Å². The summed E-state index contributed by atoms with van der Waals surface area (Å²) in [5.74, 6) is 1.01. The second-order valence-electron chi connectivity index (χ2n) is 7.71. The van der Waals surface area contributed by atoms with E-state index in [1.54, 1.807) is 18.9 Å². The van der Waals surface area contributed by atoms with Gasteiger partial charge >= 0.3 is 0 Å². The molecule has 0 saturated carbocycles. The summed E-state index contributed by atoms with van der Waals surface area (Å²) in [6.45, 7) is 6.65. The lowest BCUT2D eigenvalue weighted by atomic mass is 10.1. The maximum absolute atomic E-state index is 12.8. The highest BCUT2D eigenvalue weighted by Gasteiger charge is 2.24. The number of carbonyl (C=O) groups excluding carboxylic acids is 2. The minimum atomic E-state index is 0.0430. The fourth-order valence-electron chi connectivity index (χ4n) is 3.49. The predicted octanol–water partition coefficient (Wildman–Crippen LogP) is 4.11. The van der Waals surface area contributed by atoms with Crippen LogP contribution < -0.4 is 4.74 Å². The Bertz CT molecular complexity index is 842. The van der Waals surface area contributed by atoms with E-state index in [0.29, 0.717) is 49.8 Å². The van der Waals surface area contributed by atoms with Crippen molar-refractivity contribution in [1.29, 1.82) is 0 Å². The first-order chi connectivity index (χ1) is 14.5. The van der Waals surface area contributed by atoms with Crippen LogP contribution in [0.3, 0.4) is 0 Å². The molecule has 0 unspecified atom stereocenters. The Morgan fingerprint density at radius 1 is 0.933 bits per heavy atom. The minimum Gasteiger partial charge on any atom is -0.497 e. The molecule has 1 aliphatic heterocycles. The molecule has 0 aliphatic carbocycles. The van der Waals surface area contributed by atoms with Crippen molar-refractivity contribution in [2.24, 2.45) is 0 Å². The van der Waals surface area contributed by atoms with Crippen molar-refractivity contribution in [3.05, 3.63) is 59.7 Å². The summed E-state index contributed by atoms with van der Waals surface area (Å²) in [7, 11) is 1.64. The highest BCUT2D eigenvalue weighted by atomic mass is 32.2. The average molecular weight is 427 g/mol. The van der Waals surface area contributed by atoms with Gasteiger partial charge in [-0.1, -0.05) is 26.0 Å². The zero-order valence-electron chi connectivity index (χ0n) is 18.0. The zero-order chi connectivity index (χ0) is 21.5. The van der Waals surface area contributed by atoms with Gasteiger partial charge in [0.1, 0.15) is 5.75 Å². The van der Waals surface area contributed by atoms with Gasteiger partial charge in [0.15, 0.2) is 0 Å². The minimum absolute atomic E-state index is 0.0430. The lowest BCUT2D eigenvalue weighted by molar-refractivity contribution is -0.132. The van der Waals surface area contributed by atoms with Crippen LogP contribution in [0.4, 0.5) is 0 Å². The van der Waals surface area contributed by atoms with Gasteiger partial charge in [0, 0.05) is 48.3 Å². The summed E-state index contributed by atoms with van der Waals surface area (Å²) >= 11 is 1.79. The average Bonchev–Trinajstić information content (AvgIpc) is 2.77. The van der Waals surface area contributed by atoms with E-state index >= 15 is 0 Å². The van der Waals surface area contributed by atoms with E-state index in [1.165, 1.54) is 4.90 Å². The molecule has 0 radical (unpaired) electrons. The van der Waals surface area contributed by atoms with Gasteiger partial charge < -0.3 is 14.5 Å². The van der Waals surface area contributed by atoms with E-state index in [1.807, 2.05) is 58.3 Å². The number of benzene rings is 2. The molecule has 5 nitrogen and oxygen atoms in total. The van der Waals surface area contributed by atoms with E-state index in [9.17, 15) is 9.59 Å². The van der Waals surface area contributed by atoms with Crippen LogP contribution in [0.5, 0.6) is 5.75 Å². The highest BCUT2D eigenvalue weighted by Crippen LogP contribution is 2.23. The molecule has 30 heavy (non-hydrogen) atoms. The van der Waals surface area contributed by atoms with Crippen LogP contribution in [0.2, 0.25) is 0 Å². The van der Waals surface area contributed by atoms with E-state index in [4.69, 9.17) is 4.74 Å². The normalized spacial score (nSPS) is 14.1. The van der Waals surface area contributed by atoms with Crippen molar-refractivity contribution in [3.8, 4) is 5.75 Å². The monoisotopic (exact) mass is 426 g/mol. The number of piperazine rings is 1. The molecule has 6 heteroatoms. The first-order valence-electron chi connectivity index (χ1n) is 10.4. The van der Waals surface area contributed by atoms with Crippen LogP contribution in [0, 0.1) is 0 Å². The van der Waals surface area contributed by atoms with Crippen LogP contribution in [0.15, 0.2) is 53.4 Å². The molecule has 3 rings (SSSR count). The molecular formula is C24H30N2O3S. The third-order valence-corrected chi connectivity index (χ3v) is 6.19. The topological polar surface area (TPSA) is 49.9 Å². The molecule has 160 valence electrons. The SMILES string of the molecule is COc1ccc(CCC(=O)N2CCN(C(=O)c3ccc(SC(C)C)cc3)CC2)cc1. The molecule has 0 aromatic heterocycles. The molecule has 0 bridgehead atoms. The molecule has 0 spiro atoms. The van der Waals surface area contributed by atoms with Crippen LogP contribution in [-0.2, 0) is 11.2 Å². The number of thioether (sulfide) groups is 1. The second-order valence-corrected chi connectivity index (χ2v) is 9.36. The quantitative estimate of drug-likeness (QED) is 0.625. The standard InChI is InChI=1S/C24H30N2O3S/c1-18(2)30-22-11-7-20(8-12-22)24(28)26-16-14-25(15-17-26)23(27)13-6-19-4-9-21(29-3)10-5-19/h4-5,7-12,18H,6,13-17H2,1-3H3. The predicted molar refractivity (Wildman–Crippen MR) is 121 cm³/mol. The number of hydrogen-bond acceptors (Lipinski definition) is 4. The summed E-state index contributed by atoms with van der Waals surface area (Å²) in [4.78, 5) is 30.2. The highest BCUT2D eigenvalue weighted by molar-refractivity contribution is 7.99. The van der Waals surface area contributed by atoms with Gasteiger partial charge in [0.05, 0.1) is 7.11 Å². The molecule has 1 saturated heterocycles. The summed E-state index contributed by atoms with van der Waals surface area (Å²) < 4.78 is 5.16. The Morgan fingerprint density at radius 3 is 2.10 bits per heavy atom. The number of ether oxygens (including phenoxy) is 1. The molecule has 2 aromatic rings. The number of nitrogens with zero attached hydrogens (tertiary/aromatic N) is 2. The summed E-state index contributed by atoms with van der Waals surface area (Å²) in [6.07, 6.45) is 1.19. The van der Waals surface area contributed by atoms with Gasteiger partial charge in [-0.15, -0.1) is 11.8 Å². The Hall–Kier alpha value is -2.47. The summed E-state index contributed by atoms with van der Waals surface area (Å²) in [5.41, 5.74) is 1.83. The molecule has 0 atom stereocenters. The van der Waals surface area contributed by atoms with Crippen molar-refractivity contribution >= 4 is 23.6 Å². The number of amides is 2.